The van der Waals surface area contributed by atoms with E-state index in [4.69, 9.17) is 5.11 Å². The molecule has 17 heavy (non-hydrogen) atoms. The van der Waals surface area contributed by atoms with E-state index in [1.54, 1.807) is 0 Å². The molecule has 4 heteroatoms. The Morgan fingerprint density at radius 1 is 1.24 bits per heavy atom. The van der Waals surface area contributed by atoms with E-state index >= 15 is 0 Å². The summed E-state index contributed by atoms with van der Waals surface area (Å²) >= 11 is 0. The Labute approximate surface area is 101 Å². The molecule has 0 aliphatic heterocycles. The minimum absolute atomic E-state index is 0.0194. The maximum Gasteiger partial charge on any atom is 0.303 e. The van der Waals surface area contributed by atoms with E-state index in [0.717, 1.165) is 11.1 Å². The van der Waals surface area contributed by atoms with Gasteiger partial charge in [-0.05, 0) is 19.4 Å². The number of hydrogen-bond acceptors (Lipinski definition) is 2. The first kappa shape index (κ1) is 13.2. The molecule has 0 aromatic heterocycles. The third-order valence-corrected chi connectivity index (χ3v) is 2.52. The Kier molecular flexibility index (Phi) is 4.69. The molecular weight excluding hydrogens is 218 g/mol. The number of carboxylic acid groups (broad SMARTS) is 1. The Morgan fingerprint density at radius 2 is 1.82 bits per heavy atom. The van der Waals surface area contributed by atoms with Crippen molar-refractivity contribution < 1.29 is 14.7 Å². The molecule has 0 saturated heterocycles. The lowest BCUT2D eigenvalue weighted by atomic mass is 10.1. The van der Waals surface area contributed by atoms with Crippen LogP contribution < -0.4 is 5.32 Å². The summed E-state index contributed by atoms with van der Waals surface area (Å²) in [5.74, 6) is -1.19. The van der Waals surface area contributed by atoms with Gasteiger partial charge in [0.05, 0.1) is 12.5 Å². The van der Waals surface area contributed by atoms with Crippen molar-refractivity contribution in [2.24, 2.45) is 0 Å². The molecule has 4 nitrogen and oxygen atoms in total. The van der Waals surface area contributed by atoms with Gasteiger partial charge in [-0.1, -0.05) is 29.8 Å². The van der Waals surface area contributed by atoms with Gasteiger partial charge in [-0.25, -0.2) is 0 Å². The summed E-state index contributed by atoms with van der Waals surface area (Å²) in [7, 11) is 0. The van der Waals surface area contributed by atoms with Crippen molar-refractivity contribution in [2.45, 2.75) is 32.7 Å². The van der Waals surface area contributed by atoms with E-state index in [2.05, 4.69) is 5.32 Å². The molecule has 0 bridgehead atoms. The number of nitrogens with one attached hydrogen (secondary N) is 1. The lowest BCUT2D eigenvalue weighted by Gasteiger charge is -2.14. The van der Waals surface area contributed by atoms with Gasteiger partial charge in [0.25, 0.3) is 0 Å². The highest BCUT2D eigenvalue weighted by Crippen LogP contribution is 2.13. The van der Waals surface area contributed by atoms with Crippen LogP contribution in [0.25, 0.3) is 0 Å². The monoisotopic (exact) mass is 235 g/mol. The first-order chi connectivity index (χ1) is 7.99. The van der Waals surface area contributed by atoms with E-state index in [0.29, 0.717) is 0 Å². The van der Waals surface area contributed by atoms with Crippen LogP contribution in [0.5, 0.6) is 0 Å². The average molecular weight is 235 g/mol. The summed E-state index contributed by atoms with van der Waals surface area (Å²) < 4.78 is 0. The van der Waals surface area contributed by atoms with Crippen molar-refractivity contribution in [1.29, 1.82) is 0 Å². The molecule has 1 aromatic carbocycles. The first-order valence-electron chi connectivity index (χ1n) is 5.57. The van der Waals surface area contributed by atoms with Crippen LogP contribution >= 0.6 is 0 Å². The minimum Gasteiger partial charge on any atom is -0.481 e. The van der Waals surface area contributed by atoms with E-state index in [9.17, 15) is 9.59 Å². The second-order valence-electron chi connectivity index (χ2n) is 4.09. The lowest BCUT2D eigenvalue weighted by molar-refractivity contribution is -0.138. The molecule has 0 aliphatic rings. The number of carbonyl (C=O) groups is 2. The normalized spacial score (nSPS) is 11.9. The molecule has 1 amide bonds. The smallest absolute Gasteiger partial charge is 0.303 e. The van der Waals surface area contributed by atoms with Crippen molar-refractivity contribution in [1.82, 2.24) is 5.32 Å². The zero-order valence-corrected chi connectivity index (χ0v) is 10.1. The van der Waals surface area contributed by atoms with Crippen molar-refractivity contribution in [3.8, 4) is 0 Å². The van der Waals surface area contributed by atoms with Crippen LogP contribution in [0, 0.1) is 6.92 Å². The second-order valence-corrected chi connectivity index (χ2v) is 4.09. The Morgan fingerprint density at radius 3 is 2.35 bits per heavy atom. The Bertz CT molecular complexity index is 398. The third-order valence-electron chi connectivity index (χ3n) is 2.52. The molecule has 0 spiro atoms. The predicted octanol–water partition coefficient (Wildman–Crippen LogP) is 2.04. The average Bonchev–Trinajstić information content (AvgIpc) is 2.27. The maximum atomic E-state index is 11.4. The van der Waals surface area contributed by atoms with Gasteiger partial charge in [0.1, 0.15) is 0 Å². The summed E-state index contributed by atoms with van der Waals surface area (Å²) in [5.41, 5.74) is 2.18. The summed E-state index contributed by atoms with van der Waals surface area (Å²) in [6.45, 7) is 3.88. The zero-order valence-electron chi connectivity index (χ0n) is 10.1. The van der Waals surface area contributed by atoms with Gasteiger partial charge < -0.3 is 10.4 Å². The van der Waals surface area contributed by atoms with Crippen LogP contribution in [-0.2, 0) is 9.59 Å². The SMILES string of the molecule is Cc1ccc([C@H](C)NC(=O)CCC(=O)O)cc1. The predicted molar refractivity (Wildman–Crippen MR) is 64.6 cm³/mol. The number of aliphatic carboxylic acids is 1. The van der Waals surface area contributed by atoms with Crippen molar-refractivity contribution >= 4 is 11.9 Å². The molecule has 1 atom stereocenters. The molecule has 0 radical (unpaired) electrons. The summed E-state index contributed by atoms with van der Waals surface area (Å²) in [6, 6.07) is 7.77. The van der Waals surface area contributed by atoms with Gasteiger partial charge in [0, 0.05) is 6.42 Å². The van der Waals surface area contributed by atoms with Gasteiger partial charge in [-0.3, -0.25) is 9.59 Å². The van der Waals surface area contributed by atoms with Gasteiger partial charge in [-0.15, -0.1) is 0 Å². The van der Waals surface area contributed by atoms with Crippen molar-refractivity contribution in [3.63, 3.8) is 0 Å². The fourth-order valence-corrected chi connectivity index (χ4v) is 1.47. The summed E-state index contributed by atoms with van der Waals surface area (Å²) in [4.78, 5) is 21.7. The minimum atomic E-state index is -0.955. The largest absolute Gasteiger partial charge is 0.481 e. The van der Waals surface area contributed by atoms with E-state index < -0.39 is 5.97 Å². The van der Waals surface area contributed by atoms with E-state index in [1.165, 1.54) is 0 Å². The molecule has 92 valence electrons. The number of amides is 1. The van der Waals surface area contributed by atoms with Crippen molar-refractivity contribution in [2.75, 3.05) is 0 Å². The molecule has 0 heterocycles. The van der Waals surface area contributed by atoms with Crippen LogP contribution in [0.1, 0.15) is 36.9 Å². The van der Waals surface area contributed by atoms with Gasteiger partial charge in [0.2, 0.25) is 5.91 Å². The molecule has 0 unspecified atom stereocenters. The second kappa shape index (κ2) is 6.03. The van der Waals surface area contributed by atoms with Crippen LogP contribution in [0.15, 0.2) is 24.3 Å². The van der Waals surface area contributed by atoms with Gasteiger partial charge in [-0.2, -0.15) is 0 Å². The van der Waals surface area contributed by atoms with Crippen LogP contribution in [0.3, 0.4) is 0 Å². The molecule has 1 aromatic rings. The highest BCUT2D eigenvalue weighted by Gasteiger charge is 2.10. The topological polar surface area (TPSA) is 66.4 Å². The molecule has 0 fully saturated rings. The first-order valence-corrected chi connectivity index (χ1v) is 5.57. The van der Waals surface area contributed by atoms with E-state index in [-0.39, 0.29) is 24.8 Å². The number of rotatable bonds is 5. The maximum absolute atomic E-state index is 11.4. The summed E-state index contributed by atoms with van der Waals surface area (Å²) in [5, 5.41) is 11.2. The van der Waals surface area contributed by atoms with Gasteiger partial charge in [0.15, 0.2) is 0 Å². The highest BCUT2D eigenvalue weighted by molar-refractivity contribution is 5.80. The Balaban J connectivity index is 2.48. The molecular formula is C13H17NO3. The zero-order chi connectivity index (χ0) is 12.8. The quantitative estimate of drug-likeness (QED) is 0.820. The molecule has 1 rings (SSSR count). The lowest BCUT2D eigenvalue weighted by Crippen LogP contribution is -2.26. The van der Waals surface area contributed by atoms with E-state index in [1.807, 2.05) is 38.1 Å². The molecule has 0 saturated carbocycles. The van der Waals surface area contributed by atoms with Crippen LogP contribution in [0.4, 0.5) is 0 Å². The van der Waals surface area contributed by atoms with Gasteiger partial charge >= 0.3 is 5.97 Å². The standard InChI is InChI=1S/C13H17NO3/c1-9-3-5-11(6-4-9)10(2)14-12(15)7-8-13(16)17/h3-6,10H,7-8H2,1-2H3,(H,14,15)(H,16,17)/t10-/m0/s1. The number of carbonyl (C=O) groups excluding carboxylic acids is 1. The number of aryl methyl sites for hydroxylation is 1. The number of carboxylic acids is 1. The molecule has 2 N–H and O–H groups in total. The number of hydrogen-bond donors (Lipinski definition) is 2. The summed E-state index contributed by atoms with van der Waals surface area (Å²) in [6.07, 6.45) is -0.113. The number of benzene rings is 1. The van der Waals surface area contributed by atoms with Crippen LogP contribution in [-0.4, -0.2) is 17.0 Å². The third kappa shape index (κ3) is 4.68. The fraction of sp³-hybridized carbons (Fsp3) is 0.385. The molecule has 0 aliphatic carbocycles. The van der Waals surface area contributed by atoms with Crippen LogP contribution in [0.2, 0.25) is 0 Å². The fourth-order valence-electron chi connectivity index (χ4n) is 1.47. The Hall–Kier alpha value is -1.84. The highest BCUT2D eigenvalue weighted by atomic mass is 16.4. The van der Waals surface area contributed by atoms with Crippen molar-refractivity contribution in [3.05, 3.63) is 35.4 Å².